The molecule has 0 saturated carbocycles. The van der Waals surface area contributed by atoms with E-state index in [0.717, 1.165) is 20.4 Å². The zero-order valence-corrected chi connectivity index (χ0v) is 43.1. The van der Waals surface area contributed by atoms with E-state index in [-0.39, 0.29) is 22.1 Å². The number of hydrogen-bond donors (Lipinski definition) is 6. The number of carboxylic acid groups (broad SMARTS) is 2. The van der Waals surface area contributed by atoms with Crippen LogP contribution >= 0.6 is 69.1 Å². The van der Waals surface area contributed by atoms with Crippen LogP contribution in [0.4, 0.5) is 31.2 Å². The minimum atomic E-state index is -1.12. The standard InChI is InChI=1S/2C16H13Cl2NO3.2C9H9N3OS/c2*1-10(16(21)22)19(12-7-8-13(17)14(18)9-12)15(20)11-5-3-2-4-6-11;2*1-10-8(13)12-9-11-6-4-2-3-5-7(6)14-9/h2*2-10H,1H3,(H,21,22);2*2-5H,1H3,(H2,10,11,12,13). The predicted molar refractivity (Wildman–Crippen MR) is 289 cm³/mol. The quantitative estimate of drug-likeness (QED) is 0.0760. The lowest BCUT2D eigenvalue weighted by molar-refractivity contribution is -0.139. The number of benzene rings is 6. The second kappa shape index (κ2) is 26.8. The van der Waals surface area contributed by atoms with Gasteiger partial charge in [-0.2, -0.15) is 0 Å². The molecule has 0 bridgehead atoms. The lowest BCUT2D eigenvalue weighted by atomic mass is 10.1. The molecule has 72 heavy (non-hydrogen) atoms. The van der Waals surface area contributed by atoms with Gasteiger partial charge in [0.05, 0.1) is 40.5 Å². The highest BCUT2D eigenvalue weighted by Gasteiger charge is 2.30. The highest BCUT2D eigenvalue weighted by atomic mass is 35.5. The Labute approximate surface area is 441 Å². The first-order valence-corrected chi connectivity index (χ1v) is 24.4. The fourth-order valence-electron chi connectivity index (χ4n) is 6.13. The maximum absolute atomic E-state index is 12.7. The molecule has 8 aromatic rings. The van der Waals surface area contributed by atoms with E-state index < -0.39 is 35.8 Å². The Morgan fingerprint density at radius 2 is 0.819 bits per heavy atom. The smallest absolute Gasteiger partial charge is 0.326 e. The van der Waals surface area contributed by atoms with Crippen LogP contribution in [0.25, 0.3) is 20.4 Å². The summed E-state index contributed by atoms with van der Waals surface area (Å²) in [6.45, 7) is 2.87. The van der Waals surface area contributed by atoms with Crippen molar-refractivity contribution >= 4 is 147 Å². The molecule has 0 aliphatic carbocycles. The van der Waals surface area contributed by atoms with Crippen molar-refractivity contribution in [2.45, 2.75) is 25.9 Å². The molecule has 2 heterocycles. The Hall–Kier alpha value is -7.32. The molecule has 6 N–H and O–H groups in total. The number of nitrogens with zero attached hydrogens (tertiary/aromatic N) is 4. The number of para-hydroxylation sites is 2. The lowest BCUT2D eigenvalue weighted by Crippen LogP contribution is -2.43. The van der Waals surface area contributed by atoms with Crippen LogP contribution in [-0.4, -0.2) is 82.2 Å². The Morgan fingerprint density at radius 3 is 1.12 bits per heavy atom. The summed E-state index contributed by atoms with van der Waals surface area (Å²) in [4.78, 5) is 80.9. The van der Waals surface area contributed by atoms with Gasteiger partial charge in [0.2, 0.25) is 0 Å². The van der Waals surface area contributed by atoms with Crippen molar-refractivity contribution in [1.82, 2.24) is 20.6 Å². The molecular formula is C50H44Cl4N8O8S2. The van der Waals surface area contributed by atoms with E-state index in [0.29, 0.717) is 42.8 Å². The van der Waals surface area contributed by atoms with Crippen molar-refractivity contribution in [3.63, 3.8) is 0 Å². The summed E-state index contributed by atoms with van der Waals surface area (Å²) in [7, 11) is 3.14. The van der Waals surface area contributed by atoms with Gasteiger partial charge in [-0.1, -0.05) is 130 Å². The molecule has 16 nitrogen and oxygen atoms in total. The maximum Gasteiger partial charge on any atom is 0.326 e. The van der Waals surface area contributed by atoms with Gasteiger partial charge in [-0.15, -0.1) is 0 Å². The average Bonchev–Trinajstić information content (AvgIpc) is 4.00. The lowest BCUT2D eigenvalue weighted by Gasteiger charge is -2.27. The highest BCUT2D eigenvalue weighted by Crippen LogP contribution is 2.31. The van der Waals surface area contributed by atoms with Gasteiger partial charge in [0.15, 0.2) is 10.3 Å². The molecule has 0 spiro atoms. The summed E-state index contributed by atoms with van der Waals surface area (Å²) < 4.78 is 2.14. The largest absolute Gasteiger partial charge is 0.480 e. The molecule has 2 unspecified atom stereocenters. The third-order valence-corrected chi connectivity index (χ3v) is 13.2. The number of hydrogen-bond acceptors (Lipinski definition) is 10. The molecule has 2 aromatic heterocycles. The summed E-state index contributed by atoms with van der Waals surface area (Å²) in [5.74, 6) is -3.08. The zero-order chi connectivity index (χ0) is 52.5. The van der Waals surface area contributed by atoms with Crippen LogP contribution in [0.2, 0.25) is 20.1 Å². The molecular weight excluding hydrogens is 1050 g/mol. The Kier molecular flexibility index (Phi) is 20.7. The van der Waals surface area contributed by atoms with Crippen LogP contribution in [0.15, 0.2) is 146 Å². The average molecular weight is 1090 g/mol. The van der Waals surface area contributed by atoms with E-state index in [1.54, 1.807) is 86.9 Å². The Bertz CT molecular complexity index is 2910. The van der Waals surface area contributed by atoms with Crippen LogP contribution in [0, 0.1) is 0 Å². The van der Waals surface area contributed by atoms with Crippen molar-refractivity contribution in [1.29, 1.82) is 0 Å². The number of carbonyl (C=O) groups is 6. The van der Waals surface area contributed by atoms with Crippen molar-refractivity contribution in [2.24, 2.45) is 0 Å². The number of rotatable bonds is 10. The number of fused-ring (bicyclic) bond motifs is 2. The van der Waals surface area contributed by atoms with Crippen LogP contribution in [0.5, 0.6) is 0 Å². The van der Waals surface area contributed by atoms with E-state index in [1.165, 1.54) is 70.6 Å². The third-order valence-electron chi connectivity index (χ3n) is 9.81. The van der Waals surface area contributed by atoms with Gasteiger partial charge in [0.25, 0.3) is 11.8 Å². The minimum Gasteiger partial charge on any atom is -0.480 e. The van der Waals surface area contributed by atoms with Gasteiger partial charge in [0, 0.05) is 36.6 Å². The minimum absolute atomic E-state index is 0.246. The molecule has 372 valence electrons. The van der Waals surface area contributed by atoms with Crippen LogP contribution in [-0.2, 0) is 9.59 Å². The monoisotopic (exact) mass is 1090 g/mol. The normalized spacial score (nSPS) is 11.1. The summed E-state index contributed by atoms with van der Waals surface area (Å²) in [6.07, 6.45) is 0. The molecule has 6 aromatic carbocycles. The number of aliphatic carboxylic acids is 2. The fraction of sp³-hybridized carbons (Fsp3) is 0.120. The number of amides is 6. The number of halogens is 4. The molecule has 0 saturated heterocycles. The van der Waals surface area contributed by atoms with Crippen LogP contribution < -0.4 is 31.1 Å². The van der Waals surface area contributed by atoms with E-state index in [9.17, 15) is 39.0 Å². The zero-order valence-electron chi connectivity index (χ0n) is 38.5. The van der Waals surface area contributed by atoms with E-state index in [1.807, 2.05) is 48.5 Å². The first kappa shape index (κ1) is 55.6. The van der Waals surface area contributed by atoms with Crippen molar-refractivity contribution in [2.75, 3.05) is 34.5 Å². The van der Waals surface area contributed by atoms with Crippen molar-refractivity contribution < 1.29 is 39.0 Å². The first-order chi connectivity index (χ1) is 34.4. The molecule has 0 radical (unpaired) electrons. The highest BCUT2D eigenvalue weighted by molar-refractivity contribution is 7.22. The van der Waals surface area contributed by atoms with Gasteiger partial charge in [-0.3, -0.25) is 30.0 Å². The third kappa shape index (κ3) is 15.3. The number of urea groups is 2. The summed E-state index contributed by atoms with van der Waals surface area (Å²) in [6, 6.07) is 39.0. The molecule has 2 atom stereocenters. The Morgan fingerprint density at radius 1 is 0.486 bits per heavy atom. The van der Waals surface area contributed by atoms with Gasteiger partial charge in [0.1, 0.15) is 12.1 Å². The molecule has 0 aliphatic rings. The second-order valence-electron chi connectivity index (χ2n) is 14.7. The number of anilines is 4. The van der Waals surface area contributed by atoms with Crippen molar-refractivity contribution in [3.8, 4) is 0 Å². The molecule has 0 aliphatic heterocycles. The van der Waals surface area contributed by atoms with Gasteiger partial charge < -0.3 is 20.8 Å². The van der Waals surface area contributed by atoms with E-state index in [4.69, 9.17) is 46.4 Å². The van der Waals surface area contributed by atoms with Gasteiger partial charge in [-0.05, 0) is 98.8 Å². The number of aromatic nitrogens is 2. The topological polar surface area (TPSA) is 223 Å². The number of thiazole rings is 2. The first-order valence-electron chi connectivity index (χ1n) is 21.2. The summed E-state index contributed by atoms with van der Waals surface area (Å²) >= 11 is 26.6. The summed E-state index contributed by atoms with van der Waals surface area (Å²) in [5, 5.41) is 31.2. The fourth-order valence-corrected chi connectivity index (χ4v) is 8.44. The van der Waals surface area contributed by atoms with E-state index >= 15 is 0 Å². The number of carboxylic acids is 2. The maximum atomic E-state index is 12.7. The van der Waals surface area contributed by atoms with Gasteiger partial charge in [-0.25, -0.2) is 29.1 Å². The number of nitrogens with one attached hydrogen (secondary N) is 4. The molecule has 6 amide bonds. The molecule has 22 heteroatoms. The molecule has 8 rings (SSSR count). The second-order valence-corrected chi connectivity index (χ2v) is 18.4. The summed E-state index contributed by atoms with van der Waals surface area (Å²) in [5.41, 5.74) is 3.34. The van der Waals surface area contributed by atoms with E-state index in [2.05, 4.69) is 31.2 Å². The van der Waals surface area contributed by atoms with Gasteiger partial charge >= 0.3 is 24.0 Å². The van der Waals surface area contributed by atoms with Crippen molar-refractivity contribution in [3.05, 3.63) is 177 Å². The van der Waals surface area contributed by atoms with Crippen LogP contribution in [0.3, 0.4) is 0 Å². The Balaban J connectivity index is 0.000000182. The predicted octanol–water partition coefficient (Wildman–Crippen LogP) is 12.3. The number of carbonyl (C=O) groups excluding carboxylic acids is 4. The van der Waals surface area contributed by atoms with Crippen LogP contribution in [0.1, 0.15) is 34.6 Å². The SMILES string of the molecule is CC(C(=O)O)N(C(=O)c1ccccc1)c1ccc(Cl)c(Cl)c1.CC(C(=O)O)N(C(=O)c1ccccc1)c1ccc(Cl)c(Cl)c1.CNC(=O)Nc1nc2ccccc2s1.CNC(=O)Nc1nc2ccccc2s1. The molecule has 0 fully saturated rings.